The van der Waals surface area contributed by atoms with E-state index in [0.717, 1.165) is 4.90 Å². The molecule has 0 bridgehead atoms. The van der Waals surface area contributed by atoms with Crippen LogP contribution in [0.4, 0.5) is 17.1 Å². The van der Waals surface area contributed by atoms with Crippen molar-refractivity contribution in [3.8, 4) is 0 Å². The van der Waals surface area contributed by atoms with E-state index in [1.807, 2.05) is 18.4 Å². The van der Waals surface area contributed by atoms with Crippen LogP contribution in [0.5, 0.6) is 0 Å². The fourth-order valence-corrected chi connectivity index (χ4v) is 2.46. The molecule has 0 atom stereocenters. The highest BCUT2D eigenvalue weighted by Crippen LogP contribution is 2.34. The summed E-state index contributed by atoms with van der Waals surface area (Å²) in [6.45, 7) is 0. The van der Waals surface area contributed by atoms with Crippen LogP contribution in [0.25, 0.3) is 0 Å². The van der Waals surface area contributed by atoms with Gasteiger partial charge in [-0.2, -0.15) is 0 Å². The minimum absolute atomic E-state index is 0.154. The molecule has 0 spiro atoms. The molecule has 2 aromatic carbocycles. The molecule has 0 aliphatic carbocycles. The predicted octanol–water partition coefficient (Wildman–Crippen LogP) is 3.76. The largest absolute Gasteiger partial charge is 0.477 e. The zero-order valence-electron chi connectivity index (χ0n) is 11.1. The number of benzene rings is 2. The van der Waals surface area contributed by atoms with Gasteiger partial charge in [0.15, 0.2) is 0 Å². The van der Waals surface area contributed by atoms with Gasteiger partial charge in [-0.25, -0.2) is 4.79 Å². The van der Waals surface area contributed by atoms with Crippen LogP contribution in [0.1, 0.15) is 10.4 Å². The Labute approximate surface area is 125 Å². The SMILES string of the molecule is CSc1ccccc1Nc1cccc(C(=O)O)c1[N+](=O)[O-]. The minimum Gasteiger partial charge on any atom is -0.477 e. The molecule has 0 radical (unpaired) electrons. The minimum atomic E-state index is -1.33. The van der Waals surface area contributed by atoms with E-state index in [4.69, 9.17) is 5.11 Å². The van der Waals surface area contributed by atoms with Crippen LogP contribution in [0.3, 0.4) is 0 Å². The molecule has 0 amide bonds. The molecule has 0 unspecified atom stereocenters. The molecular formula is C14H12N2O4S. The van der Waals surface area contributed by atoms with E-state index >= 15 is 0 Å². The number of thioether (sulfide) groups is 1. The lowest BCUT2D eigenvalue weighted by Gasteiger charge is -2.11. The molecule has 108 valence electrons. The van der Waals surface area contributed by atoms with Gasteiger partial charge in [0.1, 0.15) is 11.3 Å². The van der Waals surface area contributed by atoms with Crippen molar-refractivity contribution in [1.29, 1.82) is 0 Å². The first-order valence-corrected chi connectivity index (χ1v) is 7.17. The van der Waals surface area contributed by atoms with Crippen molar-refractivity contribution in [1.82, 2.24) is 0 Å². The molecule has 2 aromatic rings. The Kier molecular flexibility index (Phi) is 4.44. The van der Waals surface area contributed by atoms with Crippen molar-refractivity contribution in [2.45, 2.75) is 4.90 Å². The summed E-state index contributed by atoms with van der Waals surface area (Å²) in [7, 11) is 0. The number of carboxylic acids is 1. The van der Waals surface area contributed by atoms with Gasteiger partial charge in [0.05, 0.1) is 10.6 Å². The molecule has 0 saturated heterocycles. The number of nitro benzene ring substituents is 1. The van der Waals surface area contributed by atoms with Gasteiger partial charge in [0, 0.05) is 4.90 Å². The van der Waals surface area contributed by atoms with Crippen LogP contribution < -0.4 is 5.32 Å². The fraction of sp³-hybridized carbons (Fsp3) is 0.0714. The summed E-state index contributed by atoms with van der Waals surface area (Å²) in [5.41, 5.74) is 0.0598. The maximum atomic E-state index is 11.2. The Bertz CT molecular complexity index is 703. The Morgan fingerprint density at radius 3 is 2.48 bits per heavy atom. The number of aromatic carboxylic acids is 1. The van der Waals surface area contributed by atoms with Gasteiger partial charge in [-0.3, -0.25) is 10.1 Å². The summed E-state index contributed by atoms with van der Waals surface area (Å²) in [5.74, 6) is -1.33. The van der Waals surface area contributed by atoms with E-state index < -0.39 is 16.6 Å². The summed E-state index contributed by atoms with van der Waals surface area (Å²) >= 11 is 1.49. The zero-order chi connectivity index (χ0) is 15.4. The number of rotatable bonds is 5. The Morgan fingerprint density at radius 2 is 1.86 bits per heavy atom. The van der Waals surface area contributed by atoms with Crippen molar-refractivity contribution in [2.24, 2.45) is 0 Å². The van der Waals surface area contributed by atoms with Gasteiger partial charge in [-0.05, 0) is 30.5 Å². The van der Waals surface area contributed by atoms with Gasteiger partial charge in [-0.15, -0.1) is 11.8 Å². The molecule has 0 heterocycles. The van der Waals surface area contributed by atoms with Gasteiger partial charge in [0.2, 0.25) is 0 Å². The average molecular weight is 304 g/mol. The second-order valence-electron chi connectivity index (χ2n) is 4.09. The first kappa shape index (κ1) is 14.9. The summed E-state index contributed by atoms with van der Waals surface area (Å²) < 4.78 is 0. The molecule has 6 nitrogen and oxygen atoms in total. The zero-order valence-corrected chi connectivity index (χ0v) is 11.9. The molecule has 2 rings (SSSR count). The van der Waals surface area contributed by atoms with Crippen molar-refractivity contribution in [3.63, 3.8) is 0 Å². The van der Waals surface area contributed by atoms with Crippen LogP contribution in [-0.2, 0) is 0 Å². The summed E-state index contributed by atoms with van der Waals surface area (Å²) in [5, 5.41) is 23.2. The van der Waals surface area contributed by atoms with E-state index in [2.05, 4.69) is 5.32 Å². The van der Waals surface area contributed by atoms with Gasteiger partial charge < -0.3 is 10.4 Å². The number of carboxylic acid groups (broad SMARTS) is 1. The average Bonchev–Trinajstić information content (AvgIpc) is 2.47. The molecule has 0 aliphatic rings. The fourth-order valence-electron chi connectivity index (χ4n) is 1.91. The van der Waals surface area contributed by atoms with Crippen LogP contribution >= 0.6 is 11.8 Å². The van der Waals surface area contributed by atoms with Crippen molar-refractivity contribution in [2.75, 3.05) is 11.6 Å². The van der Waals surface area contributed by atoms with Crippen LogP contribution in [0, 0.1) is 10.1 Å². The van der Waals surface area contributed by atoms with E-state index in [-0.39, 0.29) is 11.3 Å². The predicted molar refractivity (Wildman–Crippen MR) is 81.6 cm³/mol. The number of nitro groups is 1. The second kappa shape index (κ2) is 6.27. The first-order valence-electron chi connectivity index (χ1n) is 5.95. The molecule has 0 saturated carbocycles. The smallest absolute Gasteiger partial charge is 0.342 e. The van der Waals surface area contributed by atoms with Gasteiger partial charge >= 0.3 is 11.7 Å². The van der Waals surface area contributed by atoms with Crippen LogP contribution in [-0.4, -0.2) is 22.3 Å². The van der Waals surface area contributed by atoms with Gasteiger partial charge in [0.25, 0.3) is 0 Å². The molecule has 0 aliphatic heterocycles. The van der Waals surface area contributed by atoms with E-state index in [0.29, 0.717) is 5.69 Å². The first-order chi connectivity index (χ1) is 10.0. The monoisotopic (exact) mass is 304 g/mol. The summed E-state index contributed by atoms with van der Waals surface area (Å²) in [4.78, 5) is 22.5. The lowest BCUT2D eigenvalue weighted by atomic mass is 10.1. The van der Waals surface area contributed by atoms with Crippen LogP contribution in [0.15, 0.2) is 47.4 Å². The third-order valence-electron chi connectivity index (χ3n) is 2.83. The molecule has 0 aromatic heterocycles. The number of carbonyl (C=O) groups is 1. The van der Waals surface area contributed by atoms with Crippen molar-refractivity contribution < 1.29 is 14.8 Å². The lowest BCUT2D eigenvalue weighted by Crippen LogP contribution is -2.05. The number of nitrogens with zero attached hydrogens (tertiary/aromatic N) is 1. The number of hydrogen-bond acceptors (Lipinski definition) is 5. The number of para-hydroxylation sites is 2. The molecule has 2 N–H and O–H groups in total. The highest BCUT2D eigenvalue weighted by atomic mass is 32.2. The normalized spacial score (nSPS) is 10.1. The van der Waals surface area contributed by atoms with E-state index in [9.17, 15) is 14.9 Å². The number of hydrogen-bond donors (Lipinski definition) is 2. The maximum Gasteiger partial charge on any atom is 0.342 e. The molecule has 0 fully saturated rings. The Balaban J connectivity index is 2.52. The lowest BCUT2D eigenvalue weighted by molar-refractivity contribution is -0.384. The summed E-state index contributed by atoms with van der Waals surface area (Å²) in [6, 6.07) is 11.5. The van der Waals surface area contributed by atoms with Crippen LogP contribution in [0.2, 0.25) is 0 Å². The maximum absolute atomic E-state index is 11.2. The second-order valence-corrected chi connectivity index (χ2v) is 4.94. The van der Waals surface area contributed by atoms with Crippen molar-refractivity contribution in [3.05, 3.63) is 58.1 Å². The Hall–Kier alpha value is -2.54. The highest BCUT2D eigenvalue weighted by Gasteiger charge is 2.24. The topological polar surface area (TPSA) is 92.5 Å². The number of anilines is 2. The summed E-state index contributed by atoms with van der Waals surface area (Å²) in [6.07, 6.45) is 1.89. The quantitative estimate of drug-likeness (QED) is 0.496. The number of nitrogens with one attached hydrogen (secondary N) is 1. The molecule has 7 heteroatoms. The van der Waals surface area contributed by atoms with E-state index in [1.165, 1.54) is 30.0 Å². The third kappa shape index (κ3) is 3.14. The third-order valence-corrected chi connectivity index (χ3v) is 3.62. The highest BCUT2D eigenvalue weighted by molar-refractivity contribution is 7.98. The standard InChI is InChI=1S/C14H12N2O4S/c1-21-12-8-3-2-6-10(12)15-11-7-4-5-9(14(17)18)13(11)16(19)20/h2-8,15H,1H3,(H,17,18). The van der Waals surface area contributed by atoms with E-state index in [1.54, 1.807) is 12.1 Å². The van der Waals surface area contributed by atoms with Gasteiger partial charge in [-0.1, -0.05) is 18.2 Å². The van der Waals surface area contributed by atoms with Crippen molar-refractivity contribution >= 4 is 34.8 Å². The molecular weight excluding hydrogens is 292 g/mol. The molecule has 21 heavy (non-hydrogen) atoms. The Morgan fingerprint density at radius 1 is 1.19 bits per heavy atom.